The average molecular weight is 351 g/mol. The predicted molar refractivity (Wildman–Crippen MR) is 92.7 cm³/mol. The highest BCUT2D eigenvalue weighted by atomic mass is 35.5. The summed E-state index contributed by atoms with van der Waals surface area (Å²) in [5.41, 5.74) is 1.42. The molecule has 0 aliphatic carbocycles. The van der Waals surface area contributed by atoms with Gasteiger partial charge in [0.2, 0.25) is 11.8 Å². The standard InChI is InChI=1S/C17H16Cl2N2O2/c1-11(22)20-16(12-5-3-2-4-6-12)10-17(23)21-13-7-8-14(18)15(19)9-13/h2-9,16H,10H2,1H3,(H,20,22)(H,21,23)/t16-/m0/s1. The molecule has 2 rings (SSSR count). The number of carbonyl (C=O) groups excluding carboxylic acids is 2. The fourth-order valence-corrected chi connectivity index (χ4v) is 2.45. The molecular formula is C17H16Cl2N2O2. The molecule has 23 heavy (non-hydrogen) atoms. The van der Waals surface area contributed by atoms with E-state index in [1.54, 1.807) is 18.2 Å². The summed E-state index contributed by atoms with van der Waals surface area (Å²) < 4.78 is 0. The van der Waals surface area contributed by atoms with Gasteiger partial charge in [0.25, 0.3) is 0 Å². The lowest BCUT2D eigenvalue weighted by Crippen LogP contribution is -2.29. The summed E-state index contributed by atoms with van der Waals surface area (Å²) >= 11 is 11.8. The molecule has 0 fully saturated rings. The van der Waals surface area contributed by atoms with Gasteiger partial charge >= 0.3 is 0 Å². The van der Waals surface area contributed by atoms with Gasteiger partial charge in [-0.2, -0.15) is 0 Å². The minimum atomic E-state index is -0.392. The molecule has 0 saturated carbocycles. The fraction of sp³-hybridized carbons (Fsp3) is 0.176. The monoisotopic (exact) mass is 350 g/mol. The second-order valence-electron chi connectivity index (χ2n) is 5.04. The summed E-state index contributed by atoms with van der Waals surface area (Å²) in [5, 5.41) is 6.32. The quantitative estimate of drug-likeness (QED) is 0.848. The summed E-state index contributed by atoms with van der Waals surface area (Å²) in [6.07, 6.45) is 0.115. The maximum absolute atomic E-state index is 12.2. The number of hydrogen-bond donors (Lipinski definition) is 2. The average Bonchev–Trinajstić information content (AvgIpc) is 2.51. The van der Waals surface area contributed by atoms with E-state index >= 15 is 0 Å². The van der Waals surface area contributed by atoms with E-state index < -0.39 is 6.04 Å². The number of carbonyl (C=O) groups is 2. The smallest absolute Gasteiger partial charge is 0.226 e. The number of anilines is 1. The second kappa shape index (κ2) is 7.99. The number of amides is 2. The molecule has 0 unspecified atom stereocenters. The minimum Gasteiger partial charge on any atom is -0.349 e. The van der Waals surface area contributed by atoms with Crippen LogP contribution in [-0.4, -0.2) is 11.8 Å². The van der Waals surface area contributed by atoms with E-state index in [0.29, 0.717) is 15.7 Å². The van der Waals surface area contributed by atoms with Crippen LogP contribution in [0.15, 0.2) is 48.5 Å². The van der Waals surface area contributed by atoms with Crippen LogP contribution in [0.4, 0.5) is 5.69 Å². The Bertz CT molecular complexity index is 705. The van der Waals surface area contributed by atoms with Gasteiger partial charge < -0.3 is 10.6 Å². The van der Waals surface area contributed by atoms with Crippen LogP contribution in [0.2, 0.25) is 10.0 Å². The van der Waals surface area contributed by atoms with Gasteiger partial charge in [0, 0.05) is 12.6 Å². The number of hydrogen-bond acceptors (Lipinski definition) is 2. The Labute approximate surface area is 144 Å². The first-order valence-electron chi connectivity index (χ1n) is 7.02. The maximum Gasteiger partial charge on any atom is 0.226 e. The molecule has 0 aliphatic rings. The lowest BCUT2D eigenvalue weighted by Gasteiger charge is -2.18. The van der Waals surface area contributed by atoms with E-state index in [1.807, 2.05) is 30.3 Å². The molecule has 2 N–H and O–H groups in total. The zero-order valence-corrected chi connectivity index (χ0v) is 14.0. The lowest BCUT2D eigenvalue weighted by atomic mass is 10.0. The summed E-state index contributed by atoms with van der Waals surface area (Å²) in [6.45, 7) is 1.42. The Morgan fingerprint density at radius 3 is 2.35 bits per heavy atom. The van der Waals surface area contributed by atoms with Crippen molar-refractivity contribution in [2.24, 2.45) is 0 Å². The Kier molecular flexibility index (Phi) is 6.02. The zero-order valence-electron chi connectivity index (χ0n) is 12.5. The maximum atomic E-state index is 12.2. The summed E-state index contributed by atoms with van der Waals surface area (Å²) in [6, 6.07) is 13.8. The predicted octanol–water partition coefficient (Wildman–Crippen LogP) is 4.20. The van der Waals surface area contributed by atoms with Crippen LogP contribution in [0.3, 0.4) is 0 Å². The van der Waals surface area contributed by atoms with Crippen molar-refractivity contribution in [3.8, 4) is 0 Å². The zero-order chi connectivity index (χ0) is 16.8. The third kappa shape index (κ3) is 5.27. The Balaban J connectivity index is 2.08. The van der Waals surface area contributed by atoms with Gasteiger partial charge in [0.15, 0.2) is 0 Å². The van der Waals surface area contributed by atoms with Crippen molar-refractivity contribution in [2.45, 2.75) is 19.4 Å². The van der Waals surface area contributed by atoms with Crippen LogP contribution in [0.5, 0.6) is 0 Å². The molecule has 0 saturated heterocycles. The second-order valence-corrected chi connectivity index (χ2v) is 5.86. The van der Waals surface area contributed by atoms with Crippen molar-refractivity contribution in [3.63, 3.8) is 0 Å². The highest BCUT2D eigenvalue weighted by Gasteiger charge is 2.17. The van der Waals surface area contributed by atoms with Gasteiger partial charge in [0.1, 0.15) is 0 Å². The van der Waals surface area contributed by atoms with Gasteiger partial charge in [-0.05, 0) is 23.8 Å². The van der Waals surface area contributed by atoms with Crippen LogP contribution in [-0.2, 0) is 9.59 Å². The third-order valence-corrected chi connectivity index (χ3v) is 3.91. The molecule has 0 aromatic heterocycles. The van der Waals surface area contributed by atoms with E-state index in [1.165, 1.54) is 6.92 Å². The van der Waals surface area contributed by atoms with Crippen molar-refractivity contribution in [1.29, 1.82) is 0 Å². The summed E-state index contributed by atoms with van der Waals surface area (Å²) in [5.74, 6) is -0.424. The van der Waals surface area contributed by atoms with E-state index in [4.69, 9.17) is 23.2 Å². The molecule has 4 nitrogen and oxygen atoms in total. The van der Waals surface area contributed by atoms with E-state index in [9.17, 15) is 9.59 Å². The topological polar surface area (TPSA) is 58.2 Å². The van der Waals surface area contributed by atoms with Gasteiger partial charge in [-0.25, -0.2) is 0 Å². The Hall–Kier alpha value is -2.04. The highest BCUT2D eigenvalue weighted by Crippen LogP contribution is 2.25. The first-order valence-corrected chi connectivity index (χ1v) is 7.78. The number of nitrogens with one attached hydrogen (secondary N) is 2. The number of rotatable bonds is 5. The normalized spacial score (nSPS) is 11.6. The first-order chi connectivity index (χ1) is 11.0. The van der Waals surface area contributed by atoms with Crippen molar-refractivity contribution >= 4 is 40.7 Å². The minimum absolute atomic E-state index is 0.115. The SMILES string of the molecule is CC(=O)N[C@@H](CC(=O)Nc1ccc(Cl)c(Cl)c1)c1ccccc1. The lowest BCUT2D eigenvalue weighted by molar-refractivity contribution is -0.120. The van der Waals surface area contributed by atoms with Crippen LogP contribution in [0.1, 0.15) is 24.9 Å². The molecule has 2 amide bonds. The molecule has 120 valence electrons. The van der Waals surface area contributed by atoms with Crippen LogP contribution in [0.25, 0.3) is 0 Å². The molecule has 0 heterocycles. The molecule has 0 radical (unpaired) electrons. The van der Waals surface area contributed by atoms with Crippen LogP contribution >= 0.6 is 23.2 Å². The number of benzene rings is 2. The molecule has 2 aromatic rings. The highest BCUT2D eigenvalue weighted by molar-refractivity contribution is 6.42. The third-order valence-electron chi connectivity index (χ3n) is 3.17. The molecular weight excluding hydrogens is 335 g/mol. The van der Waals surface area contributed by atoms with Crippen molar-refractivity contribution in [2.75, 3.05) is 5.32 Å². The largest absolute Gasteiger partial charge is 0.349 e. The van der Waals surface area contributed by atoms with Crippen molar-refractivity contribution in [1.82, 2.24) is 5.32 Å². The van der Waals surface area contributed by atoms with Crippen LogP contribution < -0.4 is 10.6 Å². The van der Waals surface area contributed by atoms with E-state index in [2.05, 4.69) is 10.6 Å². The molecule has 0 aliphatic heterocycles. The molecule has 6 heteroatoms. The molecule has 0 bridgehead atoms. The Morgan fingerprint density at radius 1 is 1.04 bits per heavy atom. The van der Waals surface area contributed by atoms with Gasteiger partial charge in [-0.15, -0.1) is 0 Å². The Morgan fingerprint density at radius 2 is 1.74 bits per heavy atom. The number of halogens is 2. The van der Waals surface area contributed by atoms with Gasteiger partial charge in [0.05, 0.1) is 22.5 Å². The van der Waals surface area contributed by atoms with Gasteiger partial charge in [-0.1, -0.05) is 53.5 Å². The van der Waals surface area contributed by atoms with Crippen molar-refractivity contribution < 1.29 is 9.59 Å². The van der Waals surface area contributed by atoms with E-state index in [0.717, 1.165) is 5.56 Å². The van der Waals surface area contributed by atoms with Crippen molar-refractivity contribution in [3.05, 3.63) is 64.1 Å². The summed E-state index contributed by atoms with van der Waals surface area (Å²) in [7, 11) is 0. The fourth-order valence-electron chi connectivity index (χ4n) is 2.15. The van der Waals surface area contributed by atoms with E-state index in [-0.39, 0.29) is 18.2 Å². The van der Waals surface area contributed by atoms with Crippen LogP contribution in [0, 0.1) is 0 Å². The molecule has 1 atom stereocenters. The molecule has 0 spiro atoms. The first kappa shape index (κ1) is 17.3. The molecule has 2 aromatic carbocycles. The summed E-state index contributed by atoms with van der Waals surface area (Å²) in [4.78, 5) is 23.6. The van der Waals surface area contributed by atoms with Gasteiger partial charge in [-0.3, -0.25) is 9.59 Å².